The van der Waals surface area contributed by atoms with Crippen LogP contribution in [-0.2, 0) is 5.41 Å². The zero-order chi connectivity index (χ0) is 37.2. The maximum absolute atomic E-state index is 6.80. The second-order valence-corrected chi connectivity index (χ2v) is 16.2. The summed E-state index contributed by atoms with van der Waals surface area (Å²) < 4.78 is 16.0. The molecule has 1 aliphatic carbocycles. The van der Waals surface area contributed by atoms with Crippen LogP contribution in [0, 0.1) is 0 Å². The van der Waals surface area contributed by atoms with Crippen LogP contribution in [0.4, 0.5) is 17.1 Å². The Morgan fingerprint density at radius 2 is 1.11 bits per heavy atom. The molecule has 2 aromatic heterocycles. The molecule has 266 valence electrons. The molecular weight excluding hydrogens is 715 g/mol. The summed E-state index contributed by atoms with van der Waals surface area (Å²) in [5, 5.41) is 7.20. The lowest BCUT2D eigenvalue weighted by molar-refractivity contribution is 0.436. The molecule has 11 aromatic rings. The maximum atomic E-state index is 6.80. The van der Waals surface area contributed by atoms with Crippen molar-refractivity contribution < 1.29 is 9.15 Å². The molecule has 0 unspecified atom stereocenters. The molecule has 3 heterocycles. The molecule has 2 aliphatic rings. The topological polar surface area (TPSA) is 25.6 Å². The van der Waals surface area contributed by atoms with Gasteiger partial charge in [0.05, 0.1) is 21.5 Å². The van der Waals surface area contributed by atoms with Gasteiger partial charge in [-0.2, -0.15) is 0 Å². The van der Waals surface area contributed by atoms with Crippen molar-refractivity contribution in [3.63, 3.8) is 0 Å². The van der Waals surface area contributed by atoms with E-state index in [1.807, 2.05) is 17.4 Å². The van der Waals surface area contributed by atoms with Gasteiger partial charge in [0.1, 0.15) is 17.1 Å². The molecule has 57 heavy (non-hydrogen) atoms. The Hall–Kier alpha value is -7.14. The smallest absolute Gasteiger partial charge is 0.159 e. The van der Waals surface area contributed by atoms with Crippen molar-refractivity contribution in [1.82, 2.24) is 0 Å². The summed E-state index contributed by atoms with van der Waals surface area (Å²) in [7, 11) is 0. The average molecular weight is 746 g/mol. The van der Waals surface area contributed by atoms with Crippen LogP contribution in [0.25, 0.3) is 64.0 Å². The summed E-state index contributed by atoms with van der Waals surface area (Å²) in [5.74, 6) is 1.78. The number of rotatable bonds is 3. The quantitative estimate of drug-likeness (QED) is 0.180. The molecular formula is C53H31NO2S. The first-order valence-electron chi connectivity index (χ1n) is 19.4. The molecule has 4 heteroatoms. The minimum atomic E-state index is -0.576. The number of thiophene rings is 1. The summed E-state index contributed by atoms with van der Waals surface area (Å²) in [6.45, 7) is 0. The lowest BCUT2D eigenvalue weighted by atomic mass is 9.66. The van der Waals surface area contributed by atoms with Crippen molar-refractivity contribution in [2.45, 2.75) is 5.41 Å². The molecule has 1 spiro atoms. The first-order valence-corrected chi connectivity index (χ1v) is 20.2. The van der Waals surface area contributed by atoms with Gasteiger partial charge in [0.25, 0.3) is 0 Å². The lowest BCUT2D eigenvalue weighted by Crippen LogP contribution is -2.32. The van der Waals surface area contributed by atoms with Crippen LogP contribution in [0.3, 0.4) is 0 Å². The van der Waals surface area contributed by atoms with Gasteiger partial charge in [-0.3, -0.25) is 0 Å². The van der Waals surface area contributed by atoms with Gasteiger partial charge in [-0.05, 0) is 81.6 Å². The number of anilines is 3. The fourth-order valence-corrected chi connectivity index (χ4v) is 11.2. The van der Waals surface area contributed by atoms with E-state index in [-0.39, 0.29) is 0 Å². The van der Waals surface area contributed by atoms with Crippen LogP contribution in [0.1, 0.15) is 22.3 Å². The lowest BCUT2D eigenvalue weighted by Gasteiger charge is -2.39. The van der Waals surface area contributed by atoms with Crippen LogP contribution < -0.4 is 9.64 Å². The highest BCUT2D eigenvalue weighted by Crippen LogP contribution is 2.64. The molecule has 1 aliphatic heterocycles. The minimum Gasteiger partial charge on any atom is -0.457 e. The predicted octanol–water partition coefficient (Wildman–Crippen LogP) is 15.0. The zero-order valence-electron chi connectivity index (χ0n) is 30.6. The van der Waals surface area contributed by atoms with Gasteiger partial charge in [0, 0.05) is 43.1 Å². The van der Waals surface area contributed by atoms with Gasteiger partial charge in [0.15, 0.2) is 5.58 Å². The van der Waals surface area contributed by atoms with Crippen molar-refractivity contribution in [2.75, 3.05) is 4.90 Å². The number of fused-ring (bicyclic) bond motifs is 17. The highest BCUT2D eigenvalue weighted by molar-refractivity contribution is 7.26. The standard InChI is InChI=1S/C53H31NO2S/c1-2-14-34-32(13-1)27-29-43-50(34)39-31-33(28-30-40(39)53(43)41-19-5-8-24-47(41)55-48-25-9-6-20-42(48)53)54(44-21-11-17-37-35-15-3-7-23-46(35)56-51(37)44)45-22-12-18-38-36-16-4-10-26-49(36)57-52(38)45/h1-31H. The van der Waals surface area contributed by atoms with Crippen molar-refractivity contribution >= 4 is 81.3 Å². The summed E-state index contributed by atoms with van der Waals surface area (Å²) in [4.78, 5) is 2.43. The van der Waals surface area contributed by atoms with E-state index < -0.39 is 5.41 Å². The Kier molecular flexibility index (Phi) is 6.25. The average Bonchev–Trinajstić information content (AvgIpc) is 3.93. The molecule has 0 bridgehead atoms. The van der Waals surface area contributed by atoms with Gasteiger partial charge in [-0.1, -0.05) is 140 Å². The number of para-hydroxylation sites is 4. The number of hydrogen-bond acceptors (Lipinski definition) is 4. The third-order valence-electron chi connectivity index (χ3n) is 12.3. The Morgan fingerprint density at radius 1 is 0.456 bits per heavy atom. The minimum absolute atomic E-state index is 0.576. The predicted molar refractivity (Wildman–Crippen MR) is 236 cm³/mol. The van der Waals surface area contributed by atoms with Crippen LogP contribution in [0.2, 0.25) is 0 Å². The SMILES string of the molecule is c1ccc2c(c1)Oc1ccccc1C21c2ccc(N(c3cccc4c3oc3ccccc34)c3cccc4c3sc3ccccc34)cc2-c2c1ccc1ccccc21. The van der Waals surface area contributed by atoms with Crippen LogP contribution >= 0.6 is 11.3 Å². The molecule has 0 atom stereocenters. The fraction of sp³-hybridized carbons (Fsp3) is 0.0189. The Labute approximate surface area is 332 Å². The summed E-state index contributed by atoms with van der Waals surface area (Å²) >= 11 is 1.85. The molecule has 3 nitrogen and oxygen atoms in total. The summed E-state index contributed by atoms with van der Waals surface area (Å²) in [5.41, 5.74) is 11.7. The normalized spacial score (nSPS) is 13.5. The Morgan fingerprint density at radius 3 is 1.95 bits per heavy atom. The van der Waals surface area contributed by atoms with Crippen LogP contribution in [-0.4, -0.2) is 0 Å². The summed E-state index contributed by atoms with van der Waals surface area (Å²) in [6, 6.07) is 68.2. The van der Waals surface area contributed by atoms with E-state index in [9.17, 15) is 0 Å². The molecule has 9 aromatic carbocycles. The van der Waals surface area contributed by atoms with E-state index in [0.29, 0.717) is 0 Å². The van der Waals surface area contributed by atoms with Crippen molar-refractivity contribution in [3.8, 4) is 22.6 Å². The van der Waals surface area contributed by atoms with Gasteiger partial charge >= 0.3 is 0 Å². The van der Waals surface area contributed by atoms with E-state index >= 15 is 0 Å². The van der Waals surface area contributed by atoms with E-state index in [2.05, 4.69) is 187 Å². The highest BCUT2D eigenvalue weighted by atomic mass is 32.1. The van der Waals surface area contributed by atoms with Gasteiger partial charge in [0.2, 0.25) is 0 Å². The van der Waals surface area contributed by atoms with Crippen molar-refractivity contribution in [1.29, 1.82) is 0 Å². The molecule has 13 rings (SSSR count). The first kappa shape index (κ1) is 31.1. The van der Waals surface area contributed by atoms with E-state index in [0.717, 1.165) is 61.6 Å². The number of hydrogen-bond donors (Lipinski definition) is 0. The molecule has 0 N–H and O–H groups in total. The maximum Gasteiger partial charge on any atom is 0.159 e. The number of nitrogens with zero attached hydrogens (tertiary/aromatic N) is 1. The first-order chi connectivity index (χ1) is 28.3. The molecule has 0 radical (unpaired) electrons. The molecule has 0 amide bonds. The molecule has 0 saturated heterocycles. The van der Waals surface area contributed by atoms with Gasteiger partial charge in [-0.25, -0.2) is 0 Å². The van der Waals surface area contributed by atoms with E-state index in [4.69, 9.17) is 9.15 Å². The van der Waals surface area contributed by atoms with Crippen molar-refractivity contribution in [2.24, 2.45) is 0 Å². The van der Waals surface area contributed by atoms with Crippen molar-refractivity contribution in [3.05, 3.63) is 210 Å². The number of furan rings is 1. The van der Waals surface area contributed by atoms with E-state index in [1.165, 1.54) is 53.2 Å². The fourth-order valence-electron chi connectivity index (χ4n) is 10.0. The molecule has 0 saturated carbocycles. The van der Waals surface area contributed by atoms with Crippen LogP contribution in [0.15, 0.2) is 192 Å². The Bertz CT molecular complexity index is 3320. The van der Waals surface area contributed by atoms with Crippen LogP contribution in [0.5, 0.6) is 11.5 Å². The highest BCUT2D eigenvalue weighted by Gasteiger charge is 2.51. The second kappa shape index (κ2) is 11.5. The number of benzene rings is 9. The number of ether oxygens (including phenoxy) is 1. The third-order valence-corrected chi connectivity index (χ3v) is 13.5. The molecule has 0 fully saturated rings. The van der Waals surface area contributed by atoms with E-state index in [1.54, 1.807) is 0 Å². The van der Waals surface area contributed by atoms with Gasteiger partial charge < -0.3 is 14.1 Å². The zero-order valence-corrected chi connectivity index (χ0v) is 31.4. The monoisotopic (exact) mass is 745 g/mol. The summed E-state index contributed by atoms with van der Waals surface area (Å²) in [6.07, 6.45) is 0. The second-order valence-electron chi connectivity index (χ2n) is 15.1. The Balaban J connectivity index is 1.16. The largest absolute Gasteiger partial charge is 0.457 e. The van der Waals surface area contributed by atoms with Gasteiger partial charge in [-0.15, -0.1) is 11.3 Å². The third kappa shape index (κ3) is 4.10.